The Hall–Kier alpha value is -3.68. The normalized spacial score (nSPS) is 13.1. The van der Waals surface area contributed by atoms with Crippen LogP contribution in [0, 0.1) is 18.3 Å². The van der Waals surface area contributed by atoms with Crippen molar-refractivity contribution in [2.24, 2.45) is 0 Å². The van der Waals surface area contributed by atoms with Gasteiger partial charge in [0.2, 0.25) is 10.0 Å². The zero-order chi connectivity index (χ0) is 24.7. The van der Waals surface area contributed by atoms with E-state index in [2.05, 4.69) is 11.1 Å². The zero-order valence-corrected chi connectivity index (χ0v) is 18.9. The molecule has 2 aromatic heterocycles. The summed E-state index contributed by atoms with van der Waals surface area (Å²) in [5, 5.41) is 10.7. The van der Waals surface area contributed by atoms with Gasteiger partial charge in [-0.3, -0.25) is 4.98 Å². The molecule has 0 saturated carbocycles. The van der Waals surface area contributed by atoms with Gasteiger partial charge in [-0.1, -0.05) is 29.8 Å². The summed E-state index contributed by atoms with van der Waals surface area (Å²) in [7, 11) is -4.45. The van der Waals surface area contributed by atoms with Crippen molar-refractivity contribution in [3.05, 3.63) is 78.0 Å². The van der Waals surface area contributed by atoms with Crippen molar-refractivity contribution in [3.8, 4) is 23.1 Å². The molecule has 0 unspecified atom stereocenters. The van der Waals surface area contributed by atoms with E-state index in [0.29, 0.717) is 22.3 Å². The molecule has 34 heavy (non-hydrogen) atoms. The number of pyridine rings is 1. The van der Waals surface area contributed by atoms with Gasteiger partial charge in [0.25, 0.3) is 0 Å². The average Bonchev–Trinajstić information content (AvgIpc) is 3.12. The highest BCUT2D eigenvalue weighted by molar-refractivity contribution is 7.89. The third-order valence-electron chi connectivity index (χ3n) is 5.36. The second kappa shape index (κ2) is 8.59. The number of alkyl halides is 3. The van der Waals surface area contributed by atoms with Crippen LogP contribution in [0.3, 0.4) is 0 Å². The number of nitriles is 1. The molecule has 0 spiro atoms. The molecule has 0 amide bonds. The van der Waals surface area contributed by atoms with Crippen molar-refractivity contribution in [2.45, 2.75) is 31.0 Å². The van der Waals surface area contributed by atoms with Crippen LogP contribution in [0.2, 0.25) is 0 Å². The van der Waals surface area contributed by atoms with Crippen molar-refractivity contribution in [1.29, 1.82) is 5.26 Å². The number of nitrogens with one attached hydrogen (secondary N) is 1. The van der Waals surface area contributed by atoms with Gasteiger partial charge in [0.15, 0.2) is 0 Å². The molecule has 4 rings (SSSR count). The van der Waals surface area contributed by atoms with Crippen LogP contribution >= 0.6 is 0 Å². The Kier molecular flexibility index (Phi) is 5.93. The molecule has 0 aliphatic rings. The number of para-hydroxylation sites is 1. The summed E-state index contributed by atoms with van der Waals surface area (Å²) in [4.78, 5) is 3.81. The van der Waals surface area contributed by atoms with Gasteiger partial charge in [0.1, 0.15) is 17.0 Å². The number of aromatic nitrogens is 2. The lowest BCUT2D eigenvalue weighted by Gasteiger charge is -2.17. The molecular weight excluding hydrogens is 465 g/mol. The van der Waals surface area contributed by atoms with E-state index in [4.69, 9.17) is 0 Å². The van der Waals surface area contributed by atoms with Crippen molar-refractivity contribution in [1.82, 2.24) is 14.3 Å². The Morgan fingerprint density at radius 2 is 1.79 bits per heavy atom. The molecule has 4 aromatic rings. The fourth-order valence-electron chi connectivity index (χ4n) is 3.65. The fourth-order valence-corrected chi connectivity index (χ4v) is 4.83. The van der Waals surface area contributed by atoms with Crippen LogP contribution in [0.25, 0.3) is 28.0 Å². The maximum atomic E-state index is 12.8. The first kappa shape index (κ1) is 23.5. The van der Waals surface area contributed by atoms with E-state index < -0.39 is 27.1 Å². The van der Waals surface area contributed by atoms with E-state index in [1.54, 1.807) is 4.72 Å². The molecule has 0 aliphatic heterocycles. The van der Waals surface area contributed by atoms with Crippen LogP contribution in [-0.4, -0.2) is 30.2 Å². The molecule has 1 atom stereocenters. The number of sulfonamides is 1. The zero-order valence-electron chi connectivity index (χ0n) is 18.1. The first-order valence-corrected chi connectivity index (χ1v) is 11.7. The molecule has 0 saturated heterocycles. The minimum absolute atomic E-state index is 0.303. The summed E-state index contributed by atoms with van der Waals surface area (Å²) in [6.45, 7) is 2.63. The standard InChI is InChI=1S/C24H19F3N4O2S/c1-15-8-11-22-19(12-15)20(13-28)23(31(22)17-6-4-3-5-7-17)21-10-9-18(14-29-21)34(32,33)30-16(2)24(25,26)27/h3-12,14,16,30H,1-2H3/t16-/m0/s1. The number of halogens is 3. The lowest BCUT2D eigenvalue weighted by Crippen LogP contribution is -2.42. The van der Waals surface area contributed by atoms with Gasteiger partial charge in [-0.25, -0.2) is 8.42 Å². The summed E-state index contributed by atoms with van der Waals surface area (Å²) in [5.41, 5.74) is 3.61. The molecule has 6 nitrogen and oxygen atoms in total. The van der Waals surface area contributed by atoms with Gasteiger partial charge < -0.3 is 4.57 Å². The number of rotatable bonds is 5. The van der Waals surface area contributed by atoms with E-state index in [9.17, 15) is 26.9 Å². The third kappa shape index (κ3) is 4.27. The van der Waals surface area contributed by atoms with Crippen molar-refractivity contribution < 1.29 is 21.6 Å². The Balaban J connectivity index is 1.87. The highest BCUT2D eigenvalue weighted by Crippen LogP contribution is 2.36. The molecule has 0 bridgehead atoms. The van der Waals surface area contributed by atoms with E-state index >= 15 is 0 Å². The molecule has 2 aromatic carbocycles. The van der Waals surface area contributed by atoms with Crippen LogP contribution in [-0.2, 0) is 10.0 Å². The van der Waals surface area contributed by atoms with Gasteiger partial charge in [-0.05, 0) is 50.2 Å². The van der Waals surface area contributed by atoms with Crippen LogP contribution in [0.5, 0.6) is 0 Å². The monoisotopic (exact) mass is 484 g/mol. The summed E-state index contributed by atoms with van der Waals surface area (Å²) in [6, 6.07) is 17.5. The number of hydrogen-bond donors (Lipinski definition) is 1. The highest BCUT2D eigenvalue weighted by atomic mass is 32.2. The minimum atomic E-state index is -4.73. The van der Waals surface area contributed by atoms with Gasteiger partial charge in [-0.2, -0.15) is 23.2 Å². The van der Waals surface area contributed by atoms with Crippen LogP contribution in [0.15, 0.2) is 71.8 Å². The van der Waals surface area contributed by atoms with Gasteiger partial charge >= 0.3 is 6.18 Å². The largest absolute Gasteiger partial charge is 0.404 e. The van der Waals surface area contributed by atoms with Crippen molar-refractivity contribution in [2.75, 3.05) is 0 Å². The van der Waals surface area contributed by atoms with Crippen molar-refractivity contribution >= 4 is 20.9 Å². The number of hydrogen-bond acceptors (Lipinski definition) is 4. The number of benzene rings is 2. The third-order valence-corrected chi connectivity index (χ3v) is 6.89. The number of fused-ring (bicyclic) bond motifs is 1. The Bertz CT molecular complexity index is 1500. The van der Waals surface area contributed by atoms with E-state index in [1.165, 1.54) is 12.1 Å². The minimum Gasteiger partial charge on any atom is -0.307 e. The van der Waals surface area contributed by atoms with Gasteiger partial charge in [-0.15, -0.1) is 0 Å². The molecule has 0 fully saturated rings. The first-order chi connectivity index (χ1) is 16.0. The topological polar surface area (TPSA) is 87.8 Å². The number of nitrogens with zero attached hydrogens (tertiary/aromatic N) is 3. The molecular formula is C24H19F3N4O2S. The maximum Gasteiger partial charge on any atom is 0.404 e. The van der Waals surface area contributed by atoms with Crippen LogP contribution < -0.4 is 4.72 Å². The second-order valence-corrected chi connectivity index (χ2v) is 9.50. The molecule has 174 valence electrons. The van der Waals surface area contributed by atoms with E-state index in [-0.39, 0.29) is 0 Å². The number of aryl methyl sites for hydroxylation is 1. The lowest BCUT2D eigenvalue weighted by molar-refractivity contribution is -0.147. The van der Waals surface area contributed by atoms with Gasteiger partial charge in [0, 0.05) is 17.3 Å². The smallest absolute Gasteiger partial charge is 0.307 e. The Labute approximate surface area is 194 Å². The second-order valence-electron chi connectivity index (χ2n) is 7.79. The molecule has 0 radical (unpaired) electrons. The van der Waals surface area contributed by atoms with Crippen LogP contribution in [0.1, 0.15) is 18.1 Å². The molecule has 0 aliphatic carbocycles. The van der Waals surface area contributed by atoms with Gasteiger partial charge in [0.05, 0.1) is 22.5 Å². The average molecular weight is 485 g/mol. The SMILES string of the molecule is Cc1ccc2c(c1)c(C#N)c(-c1ccc(S(=O)(=O)N[C@@H](C)C(F)(F)F)cn1)n2-c1ccccc1. The lowest BCUT2D eigenvalue weighted by atomic mass is 10.1. The predicted molar refractivity (Wildman–Crippen MR) is 122 cm³/mol. The highest BCUT2D eigenvalue weighted by Gasteiger charge is 2.39. The van der Waals surface area contributed by atoms with Crippen LogP contribution in [0.4, 0.5) is 13.2 Å². The van der Waals surface area contributed by atoms with E-state index in [1.807, 2.05) is 60.0 Å². The predicted octanol–water partition coefficient (Wildman–Crippen LogP) is 5.10. The summed E-state index contributed by atoms with van der Waals surface area (Å²) >= 11 is 0. The van der Waals surface area contributed by atoms with E-state index in [0.717, 1.165) is 29.9 Å². The molecule has 1 N–H and O–H groups in total. The van der Waals surface area contributed by atoms with Crippen molar-refractivity contribution in [3.63, 3.8) is 0 Å². The quantitative estimate of drug-likeness (QED) is 0.427. The fraction of sp³-hybridized carbons (Fsp3) is 0.167. The first-order valence-electron chi connectivity index (χ1n) is 10.2. The Morgan fingerprint density at radius 3 is 2.38 bits per heavy atom. The maximum absolute atomic E-state index is 12.8. The summed E-state index contributed by atoms with van der Waals surface area (Å²) in [5.74, 6) is 0. The molecule has 2 heterocycles. The summed E-state index contributed by atoms with van der Waals surface area (Å²) < 4.78 is 66.8. The summed E-state index contributed by atoms with van der Waals surface area (Å²) in [6.07, 6.45) is -3.74. The Morgan fingerprint density at radius 1 is 1.09 bits per heavy atom. The molecule has 10 heteroatoms.